The molecule has 0 radical (unpaired) electrons. The first-order chi connectivity index (χ1) is 15.5. The van der Waals surface area contributed by atoms with Crippen LogP contribution >= 0.6 is 11.3 Å². The van der Waals surface area contributed by atoms with Crippen LogP contribution in [0.1, 0.15) is 46.1 Å². The van der Waals surface area contributed by atoms with Crippen molar-refractivity contribution in [2.45, 2.75) is 38.6 Å². The lowest BCUT2D eigenvalue weighted by molar-refractivity contribution is -0.116. The van der Waals surface area contributed by atoms with Gasteiger partial charge in [0.05, 0.1) is 18.2 Å². The smallest absolute Gasteiger partial charge is 0.337 e. The molecule has 1 aromatic carbocycles. The summed E-state index contributed by atoms with van der Waals surface area (Å²) < 4.78 is 4.76. The molecule has 1 aliphatic carbocycles. The van der Waals surface area contributed by atoms with Gasteiger partial charge in [0.25, 0.3) is 0 Å². The predicted molar refractivity (Wildman–Crippen MR) is 125 cm³/mol. The Labute approximate surface area is 192 Å². The van der Waals surface area contributed by atoms with Gasteiger partial charge in [0, 0.05) is 49.2 Å². The van der Waals surface area contributed by atoms with Crippen LogP contribution < -0.4 is 10.2 Å². The number of nitrogens with one attached hydrogen (secondary N) is 1. The summed E-state index contributed by atoms with van der Waals surface area (Å²) in [5, 5.41) is 13.2. The SMILES string of the molecule is COC(=O)c1ccc(N2CCN(CCC(=O)Nc3sc4c(c3C#N)CCC4)C(C)C2)cc1. The quantitative estimate of drug-likeness (QED) is 0.676. The predicted octanol–water partition coefficient (Wildman–Crippen LogP) is 3.43. The van der Waals surface area contributed by atoms with Gasteiger partial charge in [-0.3, -0.25) is 9.69 Å². The van der Waals surface area contributed by atoms with Crippen LogP contribution in [-0.4, -0.2) is 56.1 Å². The van der Waals surface area contributed by atoms with Crippen LogP contribution in [0.5, 0.6) is 0 Å². The highest BCUT2D eigenvalue weighted by molar-refractivity contribution is 7.16. The lowest BCUT2D eigenvalue weighted by atomic mass is 10.1. The third kappa shape index (κ3) is 4.64. The lowest BCUT2D eigenvalue weighted by Gasteiger charge is -2.41. The Kier molecular flexibility index (Phi) is 6.77. The first kappa shape index (κ1) is 22.3. The van der Waals surface area contributed by atoms with Crippen molar-refractivity contribution in [3.05, 3.63) is 45.8 Å². The summed E-state index contributed by atoms with van der Waals surface area (Å²) in [5.74, 6) is -0.364. The molecule has 0 bridgehead atoms. The fourth-order valence-corrected chi connectivity index (χ4v) is 5.79. The average molecular weight is 453 g/mol. The third-order valence-electron chi connectivity index (χ3n) is 6.33. The van der Waals surface area contributed by atoms with Crippen molar-refractivity contribution in [1.82, 2.24) is 4.90 Å². The van der Waals surface area contributed by atoms with E-state index in [2.05, 4.69) is 28.1 Å². The van der Waals surface area contributed by atoms with E-state index in [0.29, 0.717) is 30.1 Å². The standard InChI is InChI=1S/C24H28N4O3S/c1-16-15-28(18-8-6-17(7-9-18)24(30)31-2)13-12-27(16)11-10-22(29)26-23-20(14-25)19-4-3-5-21(19)32-23/h6-9,16H,3-5,10-13,15H2,1-2H3,(H,26,29). The topological polar surface area (TPSA) is 85.7 Å². The first-order valence-electron chi connectivity index (χ1n) is 11.0. The van der Waals surface area contributed by atoms with Crippen molar-refractivity contribution in [1.29, 1.82) is 5.26 Å². The number of anilines is 2. The molecule has 0 saturated carbocycles. The van der Waals surface area contributed by atoms with Gasteiger partial charge in [0.15, 0.2) is 0 Å². The number of fused-ring (bicyclic) bond motifs is 1. The number of amides is 1. The monoisotopic (exact) mass is 452 g/mol. The van der Waals surface area contributed by atoms with E-state index in [4.69, 9.17) is 4.74 Å². The van der Waals surface area contributed by atoms with Crippen LogP contribution in [0.15, 0.2) is 24.3 Å². The van der Waals surface area contributed by atoms with E-state index in [-0.39, 0.29) is 11.9 Å². The minimum Gasteiger partial charge on any atom is -0.465 e. The number of aryl methyl sites for hydroxylation is 1. The summed E-state index contributed by atoms with van der Waals surface area (Å²) in [4.78, 5) is 30.1. The highest BCUT2D eigenvalue weighted by atomic mass is 32.1. The molecule has 4 rings (SSSR count). The number of esters is 1. The van der Waals surface area contributed by atoms with Gasteiger partial charge in [-0.25, -0.2) is 4.79 Å². The van der Waals surface area contributed by atoms with Crippen molar-refractivity contribution in [3.63, 3.8) is 0 Å². The van der Waals surface area contributed by atoms with Crippen LogP contribution in [0, 0.1) is 11.3 Å². The molecule has 1 N–H and O–H groups in total. The van der Waals surface area contributed by atoms with Gasteiger partial charge in [-0.1, -0.05) is 0 Å². The van der Waals surface area contributed by atoms with Gasteiger partial charge in [0.1, 0.15) is 11.1 Å². The van der Waals surface area contributed by atoms with Gasteiger partial charge in [-0.2, -0.15) is 5.26 Å². The minimum atomic E-state index is -0.331. The maximum atomic E-state index is 12.6. The van der Waals surface area contributed by atoms with E-state index in [1.807, 2.05) is 12.1 Å². The van der Waals surface area contributed by atoms with Crippen LogP contribution in [0.3, 0.4) is 0 Å². The molecular weight excluding hydrogens is 424 g/mol. The molecule has 1 aliphatic heterocycles. The Morgan fingerprint density at radius 1 is 1.25 bits per heavy atom. The summed E-state index contributed by atoms with van der Waals surface area (Å²) in [7, 11) is 1.38. The normalized spacial score (nSPS) is 18.2. The van der Waals surface area contributed by atoms with Crippen LogP contribution in [0.25, 0.3) is 0 Å². The average Bonchev–Trinajstić information content (AvgIpc) is 3.38. The number of ether oxygens (including phenoxy) is 1. The number of thiophene rings is 1. The molecule has 1 aromatic heterocycles. The van der Waals surface area contributed by atoms with E-state index in [1.54, 1.807) is 23.5 Å². The van der Waals surface area contributed by atoms with Gasteiger partial charge in [0.2, 0.25) is 5.91 Å². The van der Waals surface area contributed by atoms with Gasteiger partial charge in [-0.15, -0.1) is 11.3 Å². The van der Waals surface area contributed by atoms with E-state index < -0.39 is 0 Å². The van der Waals surface area contributed by atoms with Crippen molar-refractivity contribution >= 4 is 33.9 Å². The molecule has 7 nitrogen and oxygen atoms in total. The van der Waals surface area contributed by atoms with Gasteiger partial charge in [-0.05, 0) is 56.0 Å². The largest absolute Gasteiger partial charge is 0.465 e. The number of nitrogens with zero attached hydrogens (tertiary/aromatic N) is 3. The number of methoxy groups -OCH3 is 1. The zero-order chi connectivity index (χ0) is 22.7. The maximum Gasteiger partial charge on any atom is 0.337 e. The van der Waals surface area contributed by atoms with E-state index in [1.165, 1.54) is 12.0 Å². The molecule has 1 unspecified atom stereocenters. The lowest BCUT2D eigenvalue weighted by Crippen LogP contribution is -2.52. The molecule has 2 aliphatic rings. The molecule has 0 spiro atoms. The molecule has 8 heteroatoms. The Balaban J connectivity index is 1.28. The summed E-state index contributed by atoms with van der Waals surface area (Å²) in [6, 6.07) is 10.1. The second-order valence-corrected chi connectivity index (χ2v) is 9.45. The number of carbonyl (C=O) groups is 2. The fourth-order valence-electron chi connectivity index (χ4n) is 4.53. The molecule has 32 heavy (non-hydrogen) atoms. The second kappa shape index (κ2) is 9.72. The summed E-state index contributed by atoms with van der Waals surface area (Å²) in [6.45, 7) is 5.44. The Hall–Kier alpha value is -2.89. The molecule has 168 valence electrons. The number of carbonyl (C=O) groups excluding carboxylic acids is 2. The van der Waals surface area contributed by atoms with Crippen molar-refractivity contribution in [2.24, 2.45) is 0 Å². The number of hydrogen-bond acceptors (Lipinski definition) is 7. The van der Waals surface area contributed by atoms with Crippen molar-refractivity contribution in [3.8, 4) is 6.07 Å². The van der Waals surface area contributed by atoms with Gasteiger partial charge < -0.3 is 15.0 Å². The summed E-state index contributed by atoms with van der Waals surface area (Å²) in [5.41, 5.74) is 3.43. The molecule has 1 amide bonds. The molecular formula is C24H28N4O3S. The zero-order valence-electron chi connectivity index (χ0n) is 18.5. The van der Waals surface area contributed by atoms with Gasteiger partial charge >= 0.3 is 5.97 Å². The van der Waals surface area contributed by atoms with E-state index in [9.17, 15) is 14.9 Å². The van der Waals surface area contributed by atoms with Crippen molar-refractivity contribution in [2.75, 3.05) is 43.5 Å². The Morgan fingerprint density at radius 2 is 2.03 bits per heavy atom. The number of benzene rings is 1. The molecule has 1 atom stereocenters. The Morgan fingerprint density at radius 3 is 2.72 bits per heavy atom. The number of hydrogen-bond donors (Lipinski definition) is 1. The number of rotatable bonds is 6. The highest BCUT2D eigenvalue weighted by Crippen LogP contribution is 2.38. The van der Waals surface area contributed by atoms with Crippen LogP contribution in [0.2, 0.25) is 0 Å². The molecule has 2 heterocycles. The summed E-state index contributed by atoms with van der Waals surface area (Å²) in [6.07, 6.45) is 3.46. The number of piperazine rings is 1. The first-order valence-corrected chi connectivity index (χ1v) is 11.8. The van der Waals surface area contributed by atoms with Crippen LogP contribution in [0.4, 0.5) is 10.7 Å². The minimum absolute atomic E-state index is 0.0329. The van der Waals surface area contributed by atoms with Crippen molar-refractivity contribution < 1.29 is 14.3 Å². The van der Waals surface area contributed by atoms with E-state index >= 15 is 0 Å². The second-order valence-electron chi connectivity index (χ2n) is 8.34. The summed E-state index contributed by atoms with van der Waals surface area (Å²) >= 11 is 1.56. The van der Waals surface area contributed by atoms with E-state index in [0.717, 1.165) is 55.1 Å². The zero-order valence-corrected chi connectivity index (χ0v) is 19.3. The number of nitriles is 1. The maximum absolute atomic E-state index is 12.6. The van der Waals surface area contributed by atoms with Crippen LogP contribution in [-0.2, 0) is 22.4 Å². The third-order valence-corrected chi connectivity index (χ3v) is 7.54. The highest BCUT2D eigenvalue weighted by Gasteiger charge is 2.26. The fraction of sp³-hybridized carbons (Fsp3) is 0.458. The molecule has 1 saturated heterocycles. The Bertz CT molecular complexity index is 1040. The molecule has 1 fully saturated rings. The molecule has 2 aromatic rings.